The van der Waals surface area contributed by atoms with Gasteiger partial charge in [-0.2, -0.15) is 0 Å². The van der Waals surface area contributed by atoms with Gasteiger partial charge in [0, 0.05) is 17.1 Å². The molecule has 2 N–H and O–H groups in total. The Morgan fingerprint density at radius 2 is 1.95 bits per heavy atom. The van der Waals surface area contributed by atoms with Gasteiger partial charge in [-0.1, -0.05) is 18.3 Å². The predicted octanol–water partition coefficient (Wildman–Crippen LogP) is 3.80. The first-order valence-corrected chi connectivity index (χ1v) is 6.67. The van der Waals surface area contributed by atoms with Gasteiger partial charge in [0.15, 0.2) is 11.6 Å². The molecule has 21 heavy (non-hydrogen) atoms. The molecule has 2 aromatic carbocycles. The summed E-state index contributed by atoms with van der Waals surface area (Å²) < 4.78 is 19.7. The number of aromatic nitrogens is 1. The van der Waals surface area contributed by atoms with E-state index in [1.165, 1.54) is 12.1 Å². The number of nitrogens with zero attached hydrogens (tertiary/aromatic N) is 1. The Morgan fingerprint density at radius 1 is 1.10 bits per heavy atom. The fourth-order valence-electron chi connectivity index (χ4n) is 2.02. The van der Waals surface area contributed by atoms with E-state index in [4.69, 9.17) is 22.7 Å². The van der Waals surface area contributed by atoms with Gasteiger partial charge in [0.05, 0.1) is 5.52 Å². The normalized spacial score (nSPS) is 10.5. The minimum absolute atomic E-state index is 0.117. The van der Waals surface area contributed by atoms with Gasteiger partial charge in [0.1, 0.15) is 10.7 Å². The van der Waals surface area contributed by atoms with Crippen LogP contribution in [0, 0.1) is 5.82 Å². The summed E-state index contributed by atoms with van der Waals surface area (Å²) in [7, 11) is 0. The second kappa shape index (κ2) is 5.46. The van der Waals surface area contributed by atoms with Gasteiger partial charge in [-0.25, -0.2) is 4.39 Å². The second-order valence-corrected chi connectivity index (χ2v) is 4.88. The van der Waals surface area contributed by atoms with Crippen LogP contribution in [0.4, 0.5) is 4.39 Å². The fourth-order valence-corrected chi connectivity index (χ4v) is 2.15. The van der Waals surface area contributed by atoms with Crippen LogP contribution in [0.3, 0.4) is 0 Å². The van der Waals surface area contributed by atoms with Gasteiger partial charge < -0.3 is 10.5 Å². The van der Waals surface area contributed by atoms with Crippen molar-refractivity contribution in [2.75, 3.05) is 0 Å². The molecule has 0 radical (unpaired) electrons. The summed E-state index contributed by atoms with van der Waals surface area (Å²) in [6.07, 6.45) is 1.70. The van der Waals surface area contributed by atoms with Crippen molar-refractivity contribution in [1.82, 2.24) is 4.98 Å². The zero-order valence-electron chi connectivity index (χ0n) is 10.9. The van der Waals surface area contributed by atoms with Crippen LogP contribution >= 0.6 is 12.2 Å². The molecule has 0 aliphatic rings. The van der Waals surface area contributed by atoms with Crippen molar-refractivity contribution in [1.29, 1.82) is 0 Å². The van der Waals surface area contributed by atoms with Crippen molar-refractivity contribution < 1.29 is 9.13 Å². The molecule has 0 saturated heterocycles. The van der Waals surface area contributed by atoms with Crippen molar-refractivity contribution in [2.24, 2.45) is 5.73 Å². The minimum atomic E-state index is -0.513. The molecule has 3 aromatic rings. The first-order valence-electron chi connectivity index (χ1n) is 6.26. The largest absolute Gasteiger partial charge is 0.454 e. The van der Waals surface area contributed by atoms with Crippen LogP contribution in [0.15, 0.2) is 54.7 Å². The number of ether oxygens (including phenoxy) is 1. The highest BCUT2D eigenvalue weighted by molar-refractivity contribution is 7.80. The van der Waals surface area contributed by atoms with Crippen LogP contribution < -0.4 is 10.5 Å². The molecule has 0 amide bonds. The summed E-state index contributed by atoms with van der Waals surface area (Å²) in [5.74, 6) is 0.148. The molecular weight excluding hydrogens is 287 g/mol. The molecule has 0 bridgehead atoms. The van der Waals surface area contributed by atoms with Gasteiger partial charge in [-0.15, -0.1) is 0 Å². The van der Waals surface area contributed by atoms with Crippen molar-refractivity contribution in [3.8, 4) is 11.5 Å². The Hall–Kier alpha value is -2.53. The Kier molecular flexibility index (Phi) is 3.50. The van der Waals surface area contributed by atoms with Crippen molar-refractivity contribution >= 4 is 28.1 Å². The van der Waals surface area contributed by atoms with E-state index in [1.807, 2.05) is 24.3 Å². The highest BCUT2D eigenvalue weighted by atomic mass is 32.1. The zero-order chi connectivity index (χ0) is 14.8. The minimum Gasteiger partial charge on any atom is -0.454 e. The average Bonchev–Trinajstić information content (AvgIpc) is 2.49. The van der Waals surface area contributed by atoms with E-state index < -0.39 is 5.82 Å². The highest BCUT2D eigenvalue weighted by Crippen LogP contribution is 2.30. The van der Waals surface area contributed by atoms with Crippen LogP contribution in [0.5, 0.6) is 11.5 Å². The van der Waals surface area contributed by atoms with Crippen molar-refractivity contribution in [3.05, 3.63) is 66.1 Å². The molecule has 1 heterocycles. The average molecular weight is 298 g/mol. The molecule has 0 aliphatic heterocycles. The van der Waals surface area contributed by atoms with E-state index >= 15 is 0 Å². The van der Waals surface area contributed by atoms with E-state index in [1.54, 1.807) is 18.3 Å². The standard InChI is InChI=1S/C16H11FN2OS/c17-12-9-10(16(18)21)6-7-15(12)20-14-5-1-4-13-11(14)3-2-8-19-13/h1-9H,(H2,18,21). The zero-order valence-corrected chi connectivity index (χ0v) is 11.7. The summed E-state index contributed by atoms with van der Waals surface area (Å²) in [6, 6.07) is 13.5. The van der Waals surface area contributed by atoms with Crippen molar-refractivity contribution in [2.45, 2.75) is 0 Å². The van der Waals surface area contributed by atoms with Crippen molar-refractivity contribution in [3.63, 3.8) is 0 Å². The van der Waals surface area contributed by atoms with Gasteiger partial charge in [-0.3, -0.25) is 4.98 Å². The molecule has 0 unspecified atom stereocenters. The van der Waals surface area contributed by atoms with Crippen LogP contribution in [0.25, 0.3) is 10.9 Å². The number of benzene rings is 2. The molecule has 104 valence electrons. The molecule has 1 aromatic heterocycles. The number of nitrogens with two attached hydrogens (primary N) is 1. The van der Waals surface area contributed by atoms with Gasteiger partial charge >= 0.3 is 0 Å². The molecule has 0 aliphatic carbocycles. The SMILES string of the molecule is NC(=S)c1ccc(Oc2cccc3ncccc23)c(F)c1. The maximum absolute atomic E-state index is 14.0. The molecule has 0 spiro atoms. The Bertz CT molecular complexity index is 830. The number of fused-ring (bicyclic) bond motifs is 1. The van der Waals surface area contributed by atoms with E-state index in [0.29, 0.717) is 11.3 Å². The third-order valence-electron chi connectivity index (χ3n) is 3.04. The number of thiocarbonyl (C=S) groups is 1. The van der Waals surface area contributed by atoms with Crippen LogP contribution in [-0.2, 0) is 0 Å². The lowest BCUT2D eigenvalue weighted by molar-refractivity contribution is 0.446. The van der Waals surface area contributed by atoms with E-state index in [0.717, 1.165) is 10.9 Å². The van der Waals surface area contributed by atoms with Gasteiger partial charge in [0.25, 0.3) is 0 Å². The molecule has 0 atom stereocenters. The molecule has 3 nitrogen and oxygen atoms in total. The first kappa shape index (κ1) is 13.5. The maximum atomic E-state index is 14.0. The summed E-state index contributed by atoms with van der Waals surface area (Å²) in [4.78, 5) is 4.38. The number of hydrogen-bond acceptors (Lipinski definition) is 3. The highest BCUT2D eigenvalue weighted by Gasteiger charge is 2.09. The first-order chi connectivity index (χ1) is 10.1. The van der Waals surface area contributed by atoms with Crippen LogP contribution in [0.2, 0.25) is 0 Å². The van der Waals surface area contributed by atoms with Crippen LogP contribution in [-0.4, -0.2) is 9.97 Å². The topological polar surface area (TPSA) is 48.1 Å². The summed E-state index contributed by atoms with van der Waals surface area (Å²) in [5, 5.41) is 0.817. The summed E-state index contributed by atoms with van der Waals surface area (Å²) >= 11 is 4.82. The summed E-state index contributed by atoms with van der Waals surface area (Å²) in [5.41, 5.74) is 6.73. The summed E-state index contributed by atoms with van der Waals surface area (Å²) in [6.45, 7) is 0. The predicted molar refractivity (Wildman–Crippen MR) is 84.1 cm³/mol. The molecule has 3 rings (SSSR count). The Balaban J connectivity index is 2.01. The third-order valence-corrected chi connectivity index (χ3v) is 3.28. The Morgan fingerprint density at radius 3 is 2.71 bits per heavy atom. The van der Waals surface area contributed by atoms with Crippen LogP contribution in [0.1, 0.15) is 5.56 Å². The van der Waals surface area contributed by atoms with E-state index in [9.17, 15) is 4.39 Å². The number of rotatable bonds is 3. The second-order valence-electron chi connectivity index (χ2n) is 4.44. The molecule has 0 fully saturated rings. The Labute approximate surface area is 126 Å². The molecule has 5 heteroatoms. The molecular formula is C16H11FN2OS. The smallest absolute Gasteiger partial charge is 0.166 e. The monoisotopic (exact) mass is 298 g/mol. The van der Waals surface area contributed by atoms with Gasteiger partial charge in [0.2, 0.25) is 0 Å². The quantitative estimate of drug-likeness (QED) is 0.747. The molecule has 0 saturated carbocycles. The lowest BCUT2D eigenvalue weighted by atomic mass is 10.2. The van der Waals surface area contributed by atoms with E-state index in [-0.39, 0.29) is 10.7 Å². The lowest BCUT2D eigenvalue weighted by Gasteiger charge is -2.10. The third kappa shape index (κ3) is 2.68. The fraction of sp³-hybridized carbons (Fsp3) is 0. The number of halogens is 1. The number of pyridine rings is 1. The van der Waals surface area contributed by atoms with E-state index in [2.05, 4.69) is 4.98 Å². The maximum Gasteiger partial charge on any atom is 0.166 e. The van der Waals surface area contributed by atoms with Gasteiger partial charge in [-0.05, 0) is 42.5 Å². The lowest BCUT2D eigenvalue weighted by Crippen LogP contribution is -2.09. The number of hydrogen-bond donors (Lipinski definition) is 1.